The maximum absolute atomic E-state index is 13.2. The van der Waals surface area contributed by atoms with E-state index in [0.717, 1.165) is 30.1 Å². The van der Waals surface area contributed by atoms with Gasteiger partial charge in [-0.3, -0.25) is 9.59 Å². The largest absolute Gasteiger partial charge is 0.460 e. The number of para-hydroxylation sites is 1. The second-order valence-corrected chi connectivity index (χ2v) is 7.73. The average molecular weight is 426 g/mol. The summed E-state index contributed by atoms with van der Waals surface area (Å²) in [5.41, 5.74) is 3.20. The van der Waals surface area contributed by atoms with Crippen LogP contribution in [-0.2, 0) is 4.79 Å². The van der Waals surface area contributed by atoms with Crippen LogP contribution in [0.2, 0.25) is 0 Å². The summed E-state index contributed by atoms with van der Waals surface area (Å²) < 4.78 is 7.42. The summed E-state index contributed by atoms with van der Waals surface area (Å²) in [6.07, 6.45) is 3.16. The molecule has 1 N–H and O–H groups in total. The van der Waals surface area contributed by atoms with Crippen LogP contribution in [0.1, 0.15) is 29.0 Å². The maximum atomic E-state index is 13.2. The second kappa shape index (κ2) is 8.19. The number of aromatic nitrogens is 2. The molecule has 0 unspecified atom stereocenters. The van der Waals surface area contributed by atoms with Gasteiger partial charge in [0.1, 0.15) is 11.5 Å². The quantitative estimate of drug-likeness (QED) is 0.496. The number of carbonyl (C=O) groups is 2. The third-order valence-corrected chi connectivity index (χ3v) is 5.46. The zero-order chi connectivity index (χ0) is 22.1. The summed E-state index contributed by atoms with van der Waals surface area (Å²) in [7, 11) is 0. The minimum Gasteiger partial charge on any atom is -0.460 e. The van der Waals surface area contributed by atoms with Crippen LogP contribution in [-0.4, -0.2) is 28.1 Å². The Bertz CT molecular complexity index is 1270. The molecule has 1 saturated heterocycles. The Morgan fingerprint density at radius 1 is 1.00 bits per heavy atom. The summed E-state index contributed by atoms with van der Waals surface area (Å²) in [4.78, 5) is 26.9. The van der Waals surface area contributed by atoms with Crippen molar-refractivity contribution in [3.63, 3.8) is 0 Å². The number of aryl methyl sites for hydroxylation is 1. The molecule has 7 nitrogen and oxygen atoms in total. The molecule has 1 fully saturated rings. The lowest BCUT2D eigenvalue weighted by atomic mass is 10.2. The van der Waals surface area contributed by atoms with Crippen LogP contribution in [0.4, 0.5) is 11.4 Å². The van der Waals surface area contributed by atoms with E-state index < -0.39 is 0 Å². The van der Waals surface area contributed by atoms with Gasteiger partial charge in [0.25, 0.3) is 5.91 Å². The molecule has 7 heteroatoms. The van der Waals surface area contributed by atoms with Gasteiger partial charge in [-0.1, -0.05) is 18.2 Å². The van der Waals surface area contributed by atoms with Gasteiger partial charge >= 0.3 is 0 Å². The molecule has 0 aliphatic carbocycles. The van der Waals surface area contributed by atoms with E-state index in [9.17, 15) is 9.59 Å². The Hall–Kier alpha value is -4.13. The van der Waals surface area contributed by atoms with E-state index in [2.05, 4.69) is 10.4 Å². The molecule has 3 heterocycles. The van der Waals surface area contributed by atoms with Crippen molar-refractivity contribution >= 4 is 23.2 Å². The molecule has 0 bridgehead atoms. The van der Waals surface area contributed by atoms with E-state index in [1.165, 1.54) is 0 Å². The van der Waals surface area contributed by atoms with Crippen molar-refractivity contribution in [2.45, 2.75) is 19.8 Å². The predicted molar refractivity (Wildman–Crippen MR) is 122 cm³/mol. The number of carbonyl (C=O) groups excluding carboxylic acids is 2. The van der Waals surface area contributed by atoms with Gasteiger partial charge in [-0.05, 0) is 61.9 Å². The fourth-order valence-corrected chi connectivity index (χ4v) is 3.84. The van der Waals surface area contributed by atoms with Gasteiger partial charge in [0.05, 0.1) is 11.3 Å². The number of benzene rings is 2. The van der Waals surface area contributed by atoms with Crippen LogP contribution < -0.4 is 10.2 Å². The molecule has 0 radical (unpaired) electrons. The lowest BCUT2D eigenvalue weighted by Crippen LogP contribution is -2.23. The van der Waals surface area contributed by atoms with Crippen LogP contribution in [0.5, 0.6) is 0 Å². The molecule has 0 saturated carbocycles. The number of hydrogen-bond acceptors (Lipinski definition) is 4. The monoisotopic (exact) mass is 426 g/mol. The molecule has 1 aliphatic rings. The van der Waals surface area contributed by atoms with Crippen LogP contribution in [0.3, 0.4) is 0 Å². The van der Waals surface area contributed by atoms with Crippen molar-refractivity contribution in [2.24, 2.45) is 0 Å². The first-order chi connectivity index (χ1) is 15.6. The highest BCUT2D eigenvalue weighted by molar-refractivity contribution is 6.08. The van der Waals surface area contributed by atoms with Crippen molar-refractivity contribution in [1.29, 1.82) is 0 Å². The van der Waals surface area contributed by atoms with Gasteiger partial charge in [0.2, 0.25) is 5.91 Å². The van der Waals surface area contributed by atoms with Gasteiger partial charge in [-0.15, -0.1) is 0 Å². The molecule has 5 rings (SSSR count). The highest BCUT2D eigenvalue weighted by Crippen LogP contribution is 2.27. The Labute approximate surface area is 185 Å². The minimum absolute atomic E-state index is 0.133. The third-order valence-electron chi connectivity index (χ3n) is 5.46. The lowest BCUT2D eigenvalue weighted by molar-refractivity contribution is -0.117. The molecule has 2 aromatic carbocycles. The molecular formula is C25H22N4O3. The van der Waals surface area contributed by atoms with E-state index in [-0.39, 0.29) is 11.8 Å². The first-order valence-corrected chi connectivity index (χ1v) is 10.5. The summed E-state index contributed by atoms with van der Waals surface area (Å²) in [5, 5.41) is 7.55. The van der Waals surface area contributed by atoms with Crippen LogP contribution >= 0.6 is 0 Å². The fraction of sp³-hybridized carbons (Fsp3) is 0.160. The molecule has 0 spiro atoms. The van der Waals surface area contributed by atoms with E-state index in [0.29, 0.717) is 29.1 Å². The number of anilines is 2. The predicted octanol–water partition coefficient (Wildman–Crippen LogP) is 4.82. The van der Waals surface area contributed by atoms with Gasteiger partial charge < -0.3 is 14.6 Å². The van der Waals surface area contributed by atoms with E-state index in [1.807, 2.05) is 61.5 Å². The molecule has 0 atom stereocenters. The Morgan fingerprint density at radius 3 is 2.44 bits per heavy atom. The molecule has 32 heavy (non-hydrogen) atoms. The number of rotatable bonds is 5. The zero-order valence-corrected chi connectivity index (χ0v) is 17.6. The van der Waals surface area contributed by atoms with Crippen molar-refractivity contribution in [1.82, 2.24) is 9.78 Å². The van der Waals surface area contributed by atoms with Gasteiger partial charge in [-0.25, -0.2) is 4.68 Å². The number of amides is 2. The van der Waals surface area contributed by atoms with E-state index >= 15 is 0 Å². The summed E-state index contributed by atoms with van der Waals surface area (Å²) in [6, 6.07) is 20.6. The molecule has 2 aromatic heterocycles. The van der Waals surface area contributed by atoms with E-state index in [1.54, 1.807) is 27.9 Å². The minimum atomic E-state index is -0.291. The SMILES string of the molecule is Cc1ccc(-c2nn(-c3ccccc3)cc2C(=O)Nc2ccc(N3CCCC3=O)cc2)o1. The topological polar surface area (TPSA) is 80.4 Å². The van der Waals surface area contributed by atoms with Crippen molar-refractivity contribution in [3.05, 3.63) is 84.3 Å². The standard InChI is InChI=1S/C25H22N4O3/c1-17-9-14-22(32-17)24-21(16-29(27-24)20-6-3-2-4-7-20)25(31)26-18-10-12-19(13-11-18)28-15-5-8-23(28)30/h2-4,6-7,9-14,16H,5,8,15H2,1H3,(H,26,31). The molecule has 1 aliphatic heterocycles. The number of furan rings is 1. The average Bonchev–Trinajstić information content (AvgIpc) is 3.54. The molecular weight excluding hydrogens is 404 g/mol. The van der Waals surface area contributed by atoms with Crippen molar-refractivity contribution in [3.8, 4) is 17.1 Å². The second-order valence-electron chi connectivity index (χ2n) is 7.73. The van der Waals surface area contributed by atoms with Crippen LogP contribution in [0.15, 0.2) is 77.3 Å². The molecule has 160 valence electrons. The summed E-state index contributed by atoms with van der Waals surface area (Å²) >= 11 is 0. The summed E-state index contributed by atoms with van der Waals surface area (Å²) in [6.45, 7) is 2.58. The normalized spacial score (nSPS) is 13.5. The van der Waals surface area contributed by atoms with Crippen LogP contribution in [0, 0.1) is 6.92 Å². The van der Waals surface area contributed by atoms with Crippen molar-refractivity contribution in [2.75, 3.05) is 16.8 Å². The Morgan fingerprint density at radius 2 is 1.78 bits per heavy atom. The first-order valence-electron chi connectivity index (χ1n) is 10.5. The summed E-state index contributed by atoms with van der Waals surface area (Å²) in [5.74, 6) is 1.12. The lowest BCUT2D eigenvalue weighted by Gasteiger charge is -2.16. The van der Waals surface area contributed by atoms with Gasteiger partial charge in [0.15, 0.2) is 5.76 Å². The number of nitrogens with zero attached hydrogens (tertiary/aromatic N) is 3. The molecule has 2 amide bonds. The first kappa shape index (κ1) is 19.8. The molecule has 4 aromatic rings. The van der Waals surface area contributed by atoms with Crippen LogP contribution in [0.25, 0.3) is 17.1 Å². The highest BCUT2D eigenvalue weighted by Gasteiger charge is 2.23. The Balaban J connectivity index is 1.43. The number of hydrogen-bond donors (Lipinski definition) is 1. The van der Waals surface area contributed by atoms with Crippen molar-refractivity contribution < 1.29 is 14.0 Å². The van der Waals surface area contributed by atoms with E-state index in [4.69, 9.17) is 4.42 Å². The fourth-order valence-electron chi connectivity index (χ4n) is 3.84. The van der Waals surface area contributed by atoms with Gasteiger partial charge in [0, 0.05) is 30.5 Å². The maximum Gasteiger partial charge on any atom is 0.259 e. The number of nitrogens with one attached hydrogen (secondary N) is 1. The third kappa shape index (κ3) is 3.80. The highest BCUT2D eigenvalue weighted by atomic mass is 16.3. The smallest absolute Gasteiger partial charge is 0.259 e. The Kier molecular flexibility index (Phi) is 5.07. The van der Waals surface area contributed by atoms with Gasteiger partial charge in [-0.2, -0.15) is 5.10 Å². The zero-order valence-electron chi connectivity index (χ0n) is 17.6.